The van der Waals surface area contributed by atoms with E-state index in [2.05, 4.69) is 10.5 Å². The number of hydrogen-bond donors (Lipinski definition) is 3. The first-order valence-electron chi connectivity index (χ1n) is 5.95. The molecule has 1 atom stereocenters. The Balaban J connectivity index is 2.97. The standard InChI is InChI=1S/C12H16N2O6/c1-5(2)10-9(6(3)14-20-10)11(17)13-7(12(18)19)4-8(15)16/h5,7H,4H2,1-3H3,(H,13,17)(H,15,16)(H,18,19)/t7-/m1/s1. The van der Waals surface area contributed by atoms with E-state index in [1.54, 1.807) is 20.8 Å². The predicted octanol–water partition coefficient (Wildman–Crippen LogP) is 0.764. The van der Waals surface area contributed by atoms with E-state index in [9.17, 15) is 14.4 Å². The van der Waals surface area contributed by atoms with Crippen LogP contribution in [-0.2, 0) is 9.59 Å². The zero-order valence-electron chi connectivity index (χ0n) is 11.3. The van der Waals surface area contributed by atoms with E-state index in [1.807, 2.05) is 0 Å². The molecule has 0 radical (unpaired) electrons. The molecule has 0 unspecified atom stereocenters. The number of aryl methyl sites for hydroxylation is 1. The first-order chi connectivity index (χ1) is 9.23. The van der Waals surface area contributed by atoms with Gasteiger partial charge in [0.25, 0.3) is 5.91 Å². The van der Waals surface area contributed by atoms with Crippen LogP contribution in [0.2, 0.25) is 0 Å². The smallest absolute Gasteiger partial charge is 0.326 e. The zero-order chi connectivity index (χ0) is 15.4. The van der Waals surface area contributed by atoms with Crippen molar-refractivity contribution >= 4 is 17.8 Å². The second-order valence-electron chi connectivity index (χ2n) is 4.62. The molecule has 1 aromatic rings. The molecule has 1 rings (SSSR count). The number of nitrogens with one attached hydrogen (secondary N) is 1. The van der Waals surface area contributed by atoms with Crippen molar-refractivity contribution in [3.8, 4) is 0 Å². The Morgan fingerprint density at radius 2 is 1.90 bits per heavy atom. The second kappa shape index (κ2) is 6.18. The first-order valence-corrected chi connectivity index (χ1v) is 5.95. The first kappa shape index (κ1) is 15.7. The molecule has 8 nitrogen and oxygen atoms in total. The van der Waals surface area contributed by atoms with Gasteiger partial charge in [0, 0.05) is 5.92 Å². The maximum absolute atomic E-state index is 12.1. The Kier molecular flexibility index (Phi) is 4.84. The minimum Gasteiger partial charge on any atom is -0.481 e. The lowest BCUT2D eigenvalue weighted by Crippen LogP contribution is -2.42. The van der Waals surface area contributed by atoms with Crippen LogP contribution in [0.1, 0.15) is 48.0 Å². The van der Waals surface area contributed by atoms with Crippen molar-refractivity contribution in [3.05, 3.63) is 17.0 Å². The molecule has 0 fully saturated rings. The average Bonchev–Trinajstić information content (AvgIpc) is 2.69. The average molecular weight is 284 g/mol. The molecule has 1 aromatic heterocycles. The van der Waals surface area contributed by atoms with Gasteiger partial charge in [-0.3, -0.25) is 9.59 Å². The summed E-state index contributed by atoms with van der Waals surface area (Å²) in [7, 11) is 0. The highest BCUT2D eigenvalue weighted by Gasteiger charge is 2.28. The second-order valence-corrected chi connectivity index (χ2v) is 4.62. The Labute approximate surface area is 114 Å². The molecule has 0 bridgehead atoms. The number of nitrogens with zero attached hydrogens (tertiary/aromatic N) is 1. The van der Waals surface area contributed by atoms with Crippen molar-refractivity contribution in [2.75, 3.05) is 0 Å². The number of carboxylic acids is 2. The number of carbonyl (C=O) groups is 3. The summed E-state index contributed by atoms with van der Waals surface area (Å²) in [6, 6.07) is -1.51. The molecule has 0 spiro atoms. The Morgan fingerprint density at radius 1 is 1.30 bits per heavy atom. The number of rotatable bonds is 6. The molecule has 0 aliphatic heterocycles. The van der Waals surface area contributed by atoms with Crippen molar-refractivity contribution < 1.29 is 29.1 Å². The third-order valence-electron chi connectivity index (χ3n) is 2.62. The van der Waals surface area contributed by atoms with E-state index in [1.165, 1.54) is 0 Å². The summed E-state index contributed by atoms with van der Waals surface area (Å²) in [6.07, 6.45) is -0.706. The van der Waals surface area contributed by atoms with Crippen LogP contribution < -0.4 is 5.32 Å². The number of amides is 1. The lowest BCUT2D eigenvalue weighted by Gasteiger charge is -2.12. The Bertz CT molecular complexity index is 534. The zero-order valence-corrected chi connectivity index (χ0v) is 11.3. The molecule has 3 N–H and O–H groups in total. The van der Waals surface area contributed by atoms with Gasteiger partial charge in [-0.25, -0.2) is 4.79 Å². The van der Waals surface area contributed by atoms with Gasteiger partial charge in [0.1, 0.15) is 11.6 Å². The SMILES string of the molecule is Cc1noc(C(C)C)c1C(=O)N[C@H](CC(=O)O)C(=O)O. The van der Waals surface area contributed by atoms with Gasteiger partial charge in [-0.2, -0.15) is 0 Å². The monoisotopic (exact) mass is 284 g/mol. The normalized spacial score (nSPS) is 12.2. The van der Waals surface area contributed by atoms with E-state index in [0.29, 0.717) is 11.5 Å². The molecule has 0 aromatic carbocycles. The molecule has 0 aliphatic rings. The number of aromatic nitrogens is 1. The molecule has 0 saturated carbocycles. The summed E-state index contributed by atoms with van der Waals surface area (Å²) >= 11 is 0. The summed E-state index contributed by atoms with van der Waals surface area (Å²) in [5.74, 6) is -3.22. The summed E-state index contributed by atoms with van der Waals surface area (Å²) in [5, 5.41) is 23.4. The predicted molar refractivity (Wildman–Crippen MR) is 66.5 cm³/mol. The van der Waals surface area contributed by atoms with Gasteiger partial charge in [0.15, 0.2) is 5.76 Å². The highest BCUT2D eigenvalue weighted by molar-refractivity contribution is 5.99. The topological polar surface area (TPSA) is 130 Å². The maximum atomic E-state index is 12.1. The molecule has 0 aliphatic carbocycles. The van der Waals surface area contributed by atoms with Gasteiger partial charge in [-0.05, 0) is 6.92 Å². The van der Waals surface area contributed by atoms with Crippen LogP contribution in [0, 0.1) is 6.92 Å². The van der Waals surface area contributed by atoms with Crippen LogP contribution in [-0.4, -0.2) is 39.3 Å². The van der Waals surface area contributed by atoms with Crippen LogP contribution in [0.15, 0.2) is 4.52 Å². The fraction of sp³-hybridized carbons (Fsp3) is 0.500. The number of hydrogen-bond acceptors (Lipinski definition) is 5. The van der Waals surface area contributed by atoms with Crippen LogP contribution in [0.3, 0.4) is 0 Å². The maximum Gasteiger partial charge on any atom is 0.326 e. The van der Waals surface area contributed by atoms with E-state index in [0.717, 1.165) is 0 Å². The lowest BCUT2D eigenvalue weighted by molar-refractivity contribution is -0.145. The quantitative estimate of drug-likeness (QED) is 0.703. The molecule has 1 heterocycles. The number of carbonyl (C=O) groups excluding carboxylic acids is 1. The van der Waals surface area contributed by atoms with Crippen molar-refractivity contribution in [1.82, 2.24) is 10.5 Å². The third-order valence-corrected chi connectivity index (χ3v) is 2.62. The van der Waals surface area contributed by atoms with Gasteiger partial charge < -0.3 is 20.1 Å². The van der Waals surface area contributed by atoms with E-state index in [-0.39, 0.29) is 11.5 Å². The summed E-state index contributed by atoms with van der Waals surface area (Å²) in [6.45, 7) is 5.14. The minimum absolute atomic E-state index is 0.111. The Morgan fingerprint density at radius 3 is 2.35 bits per heavy atom. The van der Waals surface area contributed by atoms with Gasteiger partial charge >= 0.3 is 11.9 Å². The fourth-order valence-electron chi connectivity index (χ4n) is 1.66. The molecule has 1 amide bonds. The van der Waals surface area contributed by atoms with Crippen LogP contribution >= 0.6 is 0 Å². The number of carboxylic acid groups (broad SMARTS) is 2. The van der Waals surface area contributed by atoms with Gasteiger partial charge in [-0.15, -0.1) is 0 Å². The molecule has 20 heavy (non-hydrogen) atoms. The minimum atomic E-state index is -1.51. The highest BCUT2D eigenvalue weighted by Crippen LogP contribution is 2.22. The summed E-state index contributed by atoms with van der Waals surface area (Å²) in [5.41, 5.74) is 0.474. The largest absolute Gasteiger partial charge is 0.481 e. The van der Waals surface area contributed by atoms with Crippen molar-refractivity contribution in [2.24, 2.45) is 0 Å². The van der Waals surface area contributed by atoms with Gasteiger partial charge in [0.2, 0.25) is 0 Å². The van der Waals surface area contributed by atoms with Crippen molar-refractivity contribution in [3.63, 3.8) is 0 Å². The molecular weight excluding hydrogens is 268 g/mol. The van der Waals surface area contributed by atoms with Crippen molar-refractivity contribution in [1.29, 1.82) is 0 Å². The third kappa shape index (κ3) is 3.56. The molecule has 110 valence electrons. The summed E-state index contributed by atoms with van der Waals surface area (Å²) < 4.78 is 5.03. The van der Waals surface area contributed by atoms with E-state index < -0.39 is 30.3 Å². The van der Waals surface area contributed by atoms with E-state index >= 15 is 0 Å². The molecule has 0 saturated heterocycles. The van der Waals surface area contributed by atoms with Crippen LogP contribution in [0.5, 0.6) is 0 Å². The van der Waals surface area contributed by atoms with E-state index in [4.69, 9.17) is 14.7 Å². The summed E-state index contributed by atoms with van der Waals surface area (Å²) in [4.78, 5) is 33.6. The number of aliphatic carboxylic acids is 2. The fourth-order valence-corrected chi connectivity index (χ4v) is 1.66. The Hall–Kier alpha value is -2.38. The van der Waals surface area contributed by atoms with Crippen molar-refractivity contribution in [2.45, 2.75) is 39.2 Å². The van der Waals surface area contributed by atoms with Crippen LogP contribution in [0.4, 0.5) is 0 Å². The van der Waals surface area contributed by atoms with Gasteiger partial charge in [0.05, 0.1) is 12.1 Å². The van der Waals surface area contributed by atoms with Crippen LogP contribution in [0.25, 0.3) is 0 Å². The molecular formula is C12H16N2O6. The highest BCUT2D eigenvalue weighted by atomic mass is 16.5. The van der Waals surface area contributed by atoms with Gasteiger partial charge in [-0.1, -0.05) is 19.0 Å². The lowest BCUT2D eigenvalue weighted by atomic mass is 10.0. The molecule has 8 heteroatoms.